The second-order valence-electron chi connectivity index (χ2n) is 5.79. The number of para-hydroxylation sites is 1. The number of amides is 2. The molecule has 1 aliphatic carbocycles. The van der Waals surface area contributed by atoms with Crippen LogP contribution in [0.1, 0.15) is 36.4 Å². The summed E-state index contributed by atoms with van der Waals surface area (Å²) in [7, 11) is -3.89. The molecule has 0 saturated heterocycles. The summed E-state index contributed by atoms with van der Waals surface area (Å²) >= 11 is 0. The summed E-state index contributed by atoms with van der Waals surface area (Å²) in [6, 6.07) is 5.70. The predicted octanol–water partition coefficient (Wildman–Crippen LogP) is 2.68. The lowest BCUT2D eigenvalue weighted by Crippen LogP contribution is -2.43. The Morgan fingerprint density at radius 3 is 2.83 bits per heavy atom. The quantitative estimate of drug-likeness (QED) is 0.932. The third-order valence-electron chi connectivity index (χ3n) is 4.40. The Hall–Kier alpha value is -2.35. The first-order chi connectivity index (χ1) is 11.1. The second-order valence-corrected chi connectivity index (χ2v) is 7.62. The Kier molecular flexibility index (Phi) is 3.15. The topological polar surface area (TPSA) is 92.5 Å². The number of nitrogens with one attached hydrogen (secondary N) is 1. The minimum absolute atomic E-state index is 0.0716. The molecule has 0 radical (unpaired) electrons. The Morgan fingerprint density at radius 2 is 2.09 bits per heavy atom. The van der Waals surface area contributed by atoms with Gasteiger partial charge in [-0.3, -0.25) is 0 Å². The number of carbonyl (C=O) groups is 1. The van der Waals surface area contributed by atoms with Crippen LogP contribution in [0.15, 0.2) is 39.9 Å². The zero-order valence-corrected chi connectivity index (χ0v) is 13.0. The summed E-state index contributed by atoms with van der Waals surface area (Å²) < 4.78 is 31.3. The molecule has 1 aliphatic heterocycles. The highest BCUT2D eigenvalue weighted by Crippen LogP contribution is 2.38. The monoisotopic (exact) mass is 333 g/mol. The van der Waals surface area contributed by atoms with E-state index in [1.165, 1.54) is 12.3 Å². The van der Waals surface area contributed by atoms with Crippen LogP contribution < -0.4 is 5.32 Å². The number of fused-ring (bicyclic) bond motifs is 1. The van der Waals surface area contributed by atoms with Gasteiger partial charge in [-0.15, -0.1) is 0 Å². The van der Waals surface area contributed by atoms with Crippen LogP contribution in [0.4, 0.5) is 10.5 Å². The van der Waals surface area contributed by atoms with Crippen LogP contribution in [0.3, 0.4) is 0 Å². The number of rotatable bonds is 3. The molecule has 2 aromatic rings. The van der Waals surface area contributed by atoms with E-state index in [-0.39, 0.29) is 11.4 Å². The Morgan fingerprint density at radius 1 is 1.30 bits per heavy atom. The summed E-state index contributed by atoms with van der Waals surface area (Å²) in [5, 5.41) is 6.60. The summed E-state index contributed by atoms with van der Waals surface area (Å²) in [5.74, 6) is 0.298. The van der Waals surface area contributed by atoms with Crippen molar-refractivity contribution >= 4 is 21.7 Å². The van der Waals surface area contributed by atoms with E-state index in [1.54, 1.807) is 18.2 Å². The summed E-state index contributed by atoms with van der Waals surface area (Å²) in [5.41, 5.74) is 1.71. The van der Waals surface area contributed by atoms with Gasteiger partial charge in [0.1, 0.15) is 11.2 Å². The molecule has 0 atom stereocenters. The molecular formula is C15H15N3O4S. The molecule has 0 bridgehead atoms. The van der Waals surface area contributed by atoms with E-state index in [2.05, 4.69) is 10.5 Å². The van der Waals surface area contributed by atoms with Crippen molar-refractivity contribution in [2.24, 2.45) is 0 Å². The minimum Gasteiger partial charge on any atom is -0.364 e. The lowest BCUT2D eigenvalue weighted by atomic mass is 9.81. The van der Waals surface area contributed by atoms with E-state index >= 15 is 0 Å². The van der Waals surface area contributed by atoms with Crippen LogP contribution in [-0.4, -0.2) is 23.9 Å². The van der Waals surface area contributed by atoms with Gasteiger partial charge in [-0.2, -0.15) is 0 Å². The Labute approximate surface area is 133 Å². The van der Waals surface area contributed by atoms with Crippen molar-refractivity contribution in [1.82, 2.24) is 9.46 Å². The van der Waals surface area contributed by atoms with Crippen molar-refractivity contribution in [3.8, 4) is 0 Å². The van der Waals surface area contributed by atoms with Crippen molar-refractivity contribution in [2.45, 2.75) is 36.6 Å². The molecule has 8 heteroatoms. The average Bonchev–Trinajstić information content (AvgIpc) is 2.90. The molecule has 7 nitrogen and oxygen atoms in total. The zero-order chi connectivity index (χ0) is 16.0. The highest BCUT2D eigenvalue weighted by Gasteiger charge is 2.38. The van der Waals surface area contributed by atoms with Gasteiger partial charge in [0.05, 0.1) is 17.9 Å². The van der Waals surface area contributed by atoms with Gasteiger partial charge in [-0.25, -0.2) is 17.5 Å². The molecule has 1 saturated carbocycles. The van der Waals surface area contributed by atoms with Gasteiger partial charge in [0.2, 0.25) is 0 Å². The molecule has 2 heterocycles. The smallest absolute Gasteiger partial charge is 0.336 e. The highest BCUT2D eigenvalue weighted by molar-refractivity contribution is 7.90. The number of aromatic nitrogens is 1. The molecule has 1 N–H and O–H groups in total. The number of carbonyl (C=O) groups excluding carboxylic acids is 1. The summed E-state index contributed by atoms with van der Waals surface area (Å²) in [4.78, 5) is 12.3. The van der Waals surface area contributed by atoms with Gasteiger partial charge >= 0.3 is 6.03 Å². The second kappa shape index (κ2) is 5.09. The molecule has 1 aromatic carbocycles. The minimum atomic E-state index is -3.89. The van der Waals surface area contributed by atoms with E-state index in [0.717, 1.165) is 29.3 Å². The number of anilines is 1. The van der Waals surface area contributed by atoms with Crippen LogP contribution in [-0.2, 0) is 16.6 Å². The van der Waals surface area contributed by atoms with Gasteiger partial charge in [0, 0.05) is 11.5 Å². The molecule has 23 heavy (non-hydrogen) atoms. The van der Waals surface area contributed by atoms with E-state index in [1.807, 2.05) is 0 Å². The van der Waals surface area contributed by atoms with Gasteiger partial charge in [-0.1, -0.05) is 23.7 Å². The molecule has 2 amide bonds. The number of hydrogen-bond donors (Lipinski definition) is 1. The normalized spacial score (nSPS) is 19.8. The number of sulfonamides is 1. The van der Waals surface area contributed by atoms with Crippen LogP contribution in [0.2, 0.25) is 0 Å². The first-order valence-electron chi connectivity index (χ1n) is 7.43. The van der Waals surface area contributed by atoms with E-state index < -0.39 is 16.1 Å². The van der Waals surface area contributed by atoms with Gasteiger partial charge < -0.3 is 9.84 Å². The largest absolute Gasteiger partial charge is 0.364 e. The molecule has 2 aliphatic rings. The molecule has 4 rings (SSSR count). The molecular weight excluding hydrogens is 318 g/mol. The molecule has 0 unspecified atom stereocenters. The van der Waals surface area contributed by atoms with E-state index in [9.17, 15) is 13.2 Å². The number of urea groups is 1. The van der Waals surface area contributed by atoms with E-state index in [4.69, 9.17) is 4.52 Å². The summed E-state index contributed by atoms with van der Waals surface area (Å²) in [6.07, 6.45) is 4.59. The summed E-state index contributed by atoms with van der Waals surface area (Å²) in [6.45, 7) is -0.0716. The van der Waals surface area contributed by atoms with E-state index in [0.29, 0.717) is 17.2 Å². The maximum atomic E-state index is 12.7. The van der Waals surface area contributed by atoms with Crippen LogP contribution in [0, 0.1) is 0 Å². The fourth-order valence-electron chi connectivity index (χ4n) is 2.91. The average molecular weight is 333 g/mol. The maximum Gasteiger partial charge on any atom is 0.336 e. The third-order valence-corrected chi connectivity index (χ3v) is 6.19. The van der Waals surface area contributed by atoms with Gasteiger partial charge in [0.15, 0.2) is 0 Å². The molecule has 120 valence electrons. The Bertz CT molecular complexity index is 870. The SMILES string of the molecule is O=C1Nc2ccccc2S(=O)(=O)N1Cc1conc1C1CCC1. The standard InChI is InChI=1S/C15H15N3O4S/c19-15-16-12-6-1-2-7-13(12)23(20,21)18(15)8-11-9-22-17-14(11)10-4-3-5-10/h1-2,6-7,9-10H,3-5,8H2,(H,16,19). The molecule has 0 spiro atoms. The highest BCUT2D eigenvalue weighted by atomic mass is 32.2. The maximum absolute atomic E-state index is 12.7. The van der Waals surface area contributed by atoms with Gasteiger partial charge in [0.25, 0.3) is 10.0 Å². The molecule has 1 aromatic heterocycles. The zero-order valence-electron chi connectivity index (χ0n) is 12.2. The number of nitrogens with zero attached hydrogens (tertiary/aromatic N) is 2. The van der Waals surface area contributed by atoms with Crippen molar-refractivity contribution in [3.05, 3.63) is 41.8 Å². The van der Waals surface area contributed by atoms with Gasteiger partial charge in [-0.05, 0) is 25.0 Å². The van der Waals surface area contributed by atoms with Crippen LogP contribution in [0.5, 0.6) is 0 Å². The van der Waals surface area contributed by atoms with Crippen molar-refractivity contribution in [1.29, 1.82) is 0 Å². The lowest BCUT2D eigenvalue weighted by Gasteiger charge is -2.29. The van der Waals surface area contributed by atoms with Crippen molar-refractivity contribution in [3.63, 3.8) is 0 Å². The van der Waals surface area contributed by atoms with Crippen molar-refractivity contribution < 1.29 is 17.7 Å². The van der Waals surface area contributed by atoms with Crippen molar-refractivity contribution in [2.75, 3.05) is 5.32 Å². The van der Waals surface area contributed by atoms with Crippen LogP contribution in [0.25, 0.3) is 0 Å². The first kappa shape index (κ1) is 14.3. The molecule has 1 fully saturated rings. The Balaban J connectivity index is 1.70. The third kappa shape index (κ3) is 2.21. The number of hydrogen-bond acceptors (Lipinski definition) is 5. The number of benzene rings is 1. The lowest BCUT2D eigenvalue weighted by molar-refractivity contribution is 0.233. The fraction of sp³-hybridized carbons (Fsp3) is 0.333. The predicted molar refractivity (Wildman–Crippen MR) is 81.3 cm³/mol. The first-order valence-corrected chi connectivity index (χ1v) is 8.87. The van der Waals surface area contributed by atoms with Crippen LogP contribution >= 0.6 is 0 Å². The fourth-order valence-corrected chi connectivity index (χ4v) is 4.37.